The van der Waals surface area contributed by atoms with E-state index >= 15 is 0 Å². The van der Waals surface area contributed by atoms with E-state index in [2.05, 4.69) is 11.4 Å². The van der Waals surface area contributed by atoms with Crippen molar-refractivity contribution in [3.8, 4) is 0 Å². The van der Waals surface area contributed by atoms with Gasteiger partial charge < -0.3 is 9.64 Å². The number of aryl methyl sites for hydroxylation is 1. The number of carbonyl (C=O) groups is 1. The van der Waals surface area contributed by atoms with Crippen LogP contribution in [0.1, 0.15) is 33.0 Å². The van der Waals surface area contributed by atoms with Crippen LogP contribution in [0.4, 0.5) is 0 Å². The first-order valence-electron chi connectivity index (χ1n) is 7.20. The molecule has 0 spiro atoms. The monoisotopic (exact) mass is 321 g/mol. The number of hydrogen-bond acceptors (Lipinski definition) is 4. The van der Waals surface area contributed by atoms with Gasteiger partial charge in [0.25, 0.3) is 5.91 Å². The second kappa shape index (κ2) is 6.73. The van der Waals surface area contributed by atoms with Crippen LogP contribution in [0.2, 0.25) is 0 Å². The van der Waals surface area contributed by atoms with E-state index in [0.717, 1.165) is 36.5 Å². The Bertz CT molecular complexity index is 585. The summed E-state index contributed by atoms with van der Waals surface area (Å²) in [5.74, 6) is 0.161. The quantitative estimate of drug-likeness (QED) is 0.853. The molecule has 3 rings (SSSR count). The standard InChI is InChI=1S/C16H19NO2S2/c1-12-9-15(21-11-12)16(18)17(10-14-3-2-8-20-14)13-4-6-19-7-5-13/h2-3,8-9,11,13H,4-7,10H2,1H3. The molecule has 3 heterocycles. The lowest BCUT2D eigenvalue weighted by Crippen LogP contribution is -2.42. The minimum Gasteiger partial charge on any atom is -0.381 e. The highest BCUT2D eigenvalue weighted by Gasteiger charge is 2.27. The van der Waals surface area contributed by atoms with Crippen molar-refractivity contribution >= 4 is 28.6 Å². The van der Waals surface area contributed by atoms with E-state index in [-0.39, 0.29) is 11.9 Å². The van der Waals surface area contributed by atoms with Crippen LogP contribution in [0.5, 0.6) is 0 Å². The van der Waals surface area contributed by atoms with Crippen molar-refractivity contribution in [1.29, 1.82) is 0 Å². The Labute approximate surface area is 133 Å². The maximum Gasteiger partial charge on any atom is 0.264 e. The molecule has 0 unspecified atom stereocenters. The van der Waals surface area contributed by atoms with Crippen molar-refractivity contribution in [3.05, 3.63) is 44.3 Å². The second-order valence-corrected chi connectivity index (χ2v) is 7.29. The molecule has 0 atom stereocenters. The zero-order chi connectivity index (χ0) is 14.7. The van der Waals surface area contributed by atoms with Gasteiger partial charge in [-0.05, 0) is 48.2 Å². The fourth-order valence-electron chi connectivity index (χ4n) is 2.62. The summed E-state index contributed by atoms with van der Waals surface area (Å²) < 4.78 is 5.44. The zero-order valence-corrected chi connectivity index (χ0v) is 13.7. The molecule has 112 valence electrons. The Morgan fingerprint density at radius 3 is 2.81 bits per heavy atom. The number of nitrogens with zero attached hydrogens (tertiary/aromatic N) is 1. The summed E-state index contributed by atoms with van der Waals surface area (Å²) in [6.07, 6.45) is 1.86. The SMILES string of the molecule is Cc1csc(C(=O)N(Cc2cccs2)C2CCOCC2)c1. The van der Waals surface area contributed by atoms with Gasteiger partial charge in [0.05, 0.1) is 11.4 Å². The molecule has 0 aromatic carbocycles. The summed E-state index contributed by atoms with van der Waals surface area (Å²) >= 11 is 3.25. The zero-order valence-electron chi connectivity index (χ0n) is 12.1. The van der Waals surface area contributed by atoms with Crippen molar-refractivity contribution < 1.29 is 9.53 Å². The van der Waals surface area contributed by atoms with Gasteiger partial charge in [-0.25, -0.2) is 0 Å². The Kier molecular flexibility index (Phi) is 4.73. The lowest BCUT2D eigenvalue weighted by atomic mass is 10.1. The number of thiophene rings is 2. The van der Waals surface area contributed by atoms with Crippen LogP contribution in [0.3, 0.4) is 0 Å². The van der Waals surface area contributed by atoms with Crippen molar-refractivity contribution in [2.24, 2.45) is 0 Å². The Balaban J connectivity index is 1.81. The first-order chi connectivity index (χ1) is 10.2. The van der Waals surface area contributed by atoms with Gasteiger partial charge in [0.15, 0.2) is 0 Å². The first-order valence-corrected chi connectivity index (χ1v) is 8.96. The molecule has 3 nitrogen and oxygen atoms in total. The third-order valence-corrected chi connectivity index (χ3v) is 5.64. The lowest BCUT2D eigenvalue weighted by molar-refractivity contribution is 0.0273. The Morgan fingerprint density at radius 2 is 2.19 bits per heavy atom. The highest BCUT2D eigenvalue weighted by molar-refractivity contribution is 7.12. The third kappa shape index (κ3) is 3.54. The summed E-state index contributed by atoms with van der Waals surface area (Å²) in [5.41, 5.74) is 1.16. The fourth-order valence-corrected chi connectivity index (χ4v) is 4.17. The van der Waals surface area contributed by atoms with E-state index in [9.17, 15) is 4.79 Å². The summed E-state index contributed by atoms with van der Waals surface area (Å²) in [4.78, 5) is 17.0. The predicted molar refractivity (Wildman–Crippen MR) is 87.1 cm³/mol. The maximum atomic E-state index is 12.9. The molecule has 0 radical (unpaired) electrons. The summed E-state index contributed by atoms with van der Waals surface area (Å²) in [6, 6.07) is 6.43. The van der Waals surface area contributed by atoms with Crippen LogP contribution in [-0.2, 0) is 11.3 Å². The topological polar surface area (TPSA) is 29.5 Å². The second-order valence-electron chi connectivity index (χ2n) is 5.34. The minimum absolute atomic E-state index is 0.161. The fraction of sp³-hybridized carbons (Fsp3) is 0.438. The summed E-state index contributed by atoms with van der Waals surface area (Å²) in [7, 11) is 0. The van der Waals surface area contributed by atoms with Crippen molar-refractivity contribution in [2.75, 3.05) is 13.2 Å². The van der Waals surface area contributed by atoms with Gasteiger partial charge in [0, 0.05) is 24.1 Å². The molecule has 0 saturated carbocycles. The number of ether oxygens (including phenoxy) is 1. The number of amides is 1. The lowest BCUT2D eigenvalue weighted by Gasteiger charge is -2.34. The van der Waals surface area contributed by atoms with Crippen molar-refractivity contribution in [1.82, 2.24) is 4.90 Å². The van der Waals surface area contributed by atoms with E-state index < -0.39 is 0 Å². The molecule has 1 aliphatic rings. The molecule has 21 heavy (non-hydrogen) atoms. The molecule has 1 amide bonds. The normalized spacial score (nSPS) is 16.0. The highest BCUT2D eigenvalue weighted by atomic mass is 32.1. The van der Waals surface area contributed by atoms with Crippen LogP contribution in [0.15, 0.2) is 29.0 Å². The molecule has 1 saturated heterocycles. The molecule has 1 aliphatic heterocycles. The van der Waals surface area contributed by atoms with Gasteiger partial charge in [-0.3, -0.25) is 4.79 Å². The van der Waals surface area contributed by atoms with Gasteiger partial charge >= 0.3 is 0 Å². The Morgan fingerprint density at radius 1 is 1.38 bits per heavy atom. The number of rotatable bonds is 4. The maximum absolute atomic E-state index is 12.9. The molecule has 2 aromatic rings. The van der Waals surface area contributed by atoms with Crippen LogP contribution < -0.4 is 0 Å². The summed E-state index contributed by atoms with van der Waals surface area (Å²) in [5, 5.41) is 4.11. The predicted octanol–water partition coefficient (Wildman–Crippen LogP) is 3.94. The van der Waals surface area contributed by atoms with Gasteiger partial charge in [-0.2, -0.15) is 0 Å². The van der Waals surface area contributed by atoms with Crippen molar-refractivity contribution in [2.45, 2.75) is 32.4 Å². The van der Waals surface area contributed by atoms with Gasteiger partial charge in [0.2, 0.25) is 0 Å². The Hall–Kier alpha value is -1.17. The van der Waals surface area contributed by atoms with E-state index in [1.165, 1.54) is 4.88 Å². The van der Waals surface area contributed by atoms with E-state index in [1.807, 2.05) is 29.3 Å². The largest absolute Gasteiger partial charge is 0.381 e. The van der Waals surface area contributed by atoms with Crippen LogP contribution in [0, 0.1) is 6.92 Å². The molecule has 2 aromatic heterocycles. The van der Waals surface area contributed by atoms with Gasteiger partial charge in [-0.1, -0.05) is 6.07 Å². The van der Waals surface area contributed by atoms with E-state index in [4.69, 9.17) is 4.74 Å². The average Bonchev–Trinajstić information content (AvgIpc) is 3.16. The van der Waals surface area contributed by atoms with Crippen LogP contribution >= 0.6 is 22.7 Å². The van der Waals surface area contributed by atoms with Gasteiger partial charge in [0.1, 0.15) is 0 Å². The highest BCUT2D eigenvalue weighted by Crippen LogP contribution is 2.24. The molecule has 0 N–H and O–H groups in total. The van der Waals surface area contributed by atoms with E-state index in [1.54, 1.807) is 22.7 Å². The van der Waals surface area contributed by atoms with E-state index in [0.29, 0.717) is 6.54 Å². The number of hydrogen-bond donors (Lipinski definition) is 0. The third-order valence-electron chi connectivity index (χ3n) is 3.74. The molecule has 0 bridgehead atoms. The molecular weight excluding hydrogens is 302 g/mol. The molecule has 1 fully saturated rings. The minimum atomic E-state index is 0.161. The number of carbonyl (C=O) groups excluding carboxylic acids is 1. The van der Waals surface area contributed by atoms with Crippen LogP contribution in [0.25, 0.3) is 0 Å². The summed E-state index contributed by atoms with van der Waals surface area (Å²) in [6.45, 7) is 4.24. The smallest absolute Gasteiger partial charge is 0.264 e. The first kappa shape index (κ1) is 14.8. The average molecular weight is 321 g/mol. The van der Waals surface area contributed by atoms with Gasteiger partial charge in [-0.15, -0.1) is 22.7 Å². The molecule has 0 aliphatic carbocycles. The molecule has 5 heteroatoms. The van der Waals surface area contributed by atoms with Crippen molar-refractivity contribution in [3.63, 3.8) is 0 Å². The molecular formula is C16H19NO2S2. The van der Waals surface area contributed by atoms with Crippen LogP contribution in [-0.4, -0.2) is 30.1 Å².